The summed E-state index contributed by atoms with van der Waals surface area (Å²) in [6, 6.07) is 0.777. The topological polar surface area (TPSA) is 69.2 Å². The smallest absolute Gasteiger partial charge is 0.225 e. The van der Waals surface area contributed by atoms with Gasteiger partial charge in [-0.3, -0.25) is 14.7 Å². The first-order chi connectivity index (χ1) is 15.2. The van der Waals surface area contributed by atoms with Gasteiger partial charge in [0, 0.05) is 57.8 Å². The van der Waals surface area contributed by atoms with Crippen LogP contribution in [-0.2, 0) is 9.53 Å². The van der Waals surface area contributed by atoms with Crippen LogP contribution in [0.5, 0.6) is 0 Å². The molecular weight excluding hydrogens is 517 g/mol. The van der Waals surface area contributed by atoms with Crippen molar-refractivity contribution in [1.82, 2.24) is 20.4 Å². The predicted molar refractivity (Wildman–Crippen MR) is 142 cm³/mol. The number of nitrogens with zero attached hydrogens (tertiary/aromatic N) is 3. The molecule has 0 bridgehead atoms. The number of amides is 1. The Kier molecular flexibility index (Phi) is 12.6. The summed E-state index contributed by atoms with van der Waals surface area (Å²) in [5.41, 5.74) is 0. The summed E-state index contributed by atoms with van der Waals surface area (Å²) in [6.07, 6.45) is 9.24. The first-order valence-corrected chi connectivity index (χ1v) is 12.7. The van der Waals surface area contributed by atoms with E-state index in [1.54, 1.807) is 0 Å². The molecule has 2 aliphatic heterocycles. The van der Waals surface area contributed by atoms with Gasteiger partial charge in [-0.05, 0) is 25.2 Å². The molecule has 0 radical (unpaired) electrons. The molecule has 0 aromatic carbocycles. The molecule has 0 spiro atoms. The van der Waals surface area contributed by atoms with Gasteiger partial charge < -0.3 is 20.3 Å². The number of ether oxygens (including phenoxy) is 1. The molecular formula is C24H46IN5O2. The molecule has 0 aromatic rings. The van der Waals surface area contributed by atoms with Gasteiger partial charge in [0.15, 0.2) is 5.96 Å². The van der Waals surface area contributed by atoms with Gasteiger partial charge in [0.05, 0.1) is 13.2 Å². The van der Waals surface area contributed by atoms with Crippen molar-refractivity contribution in [3.63, 3.8) is 0 Å². The van der Waals surface area contributed by atoms with E-state index in [4.69, 9.17) is 4.74 Å². The minimum atomic E-state index is 0. The Bertz CT molecular complexity index is 575. The number of halogens is 1. The van der Waals surface area contributed by atoms with Gasteiger partial charge in [-0.25, -0.2) is 0 Å². The average Bonchev–Trinajstić information content (AvgIpc) is 3.30. The van der Waals surface area contributed by atoms with Crippen LogP contribution in [0, 0.1) is 11.8 Å². The van der Waals surface area contributed by atoms with E-state index in [-0.39, 0.29) is 35.9 Å². The van der Waals surface area contributed by atoms with Crippen LogP contribution in [-0.4, -0.2) is 86.7 Å². The number of nitrogens with one attached hydrogen (secondary N) is 2. The fourth-order valence-electron chi connectivity index (χ4n) is 5.61. The van der Waals surface area contributed by atoms with Gasteiger partial charge in [0.1, 0.15) is 0 Å². The number of likely N-dealkylation sites (tertiary alicyclic amines) is 1. The monoisotopic (exact) mass is 563 g/mol. The minimum absolute atomic E-state index is 0. The summed E-state index contributed by atoms with van der Waals surface area (Å²) >= 11 is 0. The lowest BCUT2D eigenvalue weighted by atomic mass is 9.88. The molecule has 186 valence electrons. The van der Waals surface area contributed by atoms with E-state index >= 15 is 0 Å². The number of hydrogen-bond acceptors (Lipinski definition) is 4. The Morgan fingerprint density at radius 1 is 1.06 bits per heavy atom. The van der Waals surface area contributed by atoms with Crippen molar-refractivity contribution >= 4 is 35.8 Å². The predicted octanol–water partition coefficient (Wildman–Crippen LogP) is 3.09. The van der Waals surface area contributed by atoms with Crippen LogP contribution in [0.4, 0.5) is 0 Å². The lowest BCUT2D eigenvalue weighted by Crippen LogP contribution is -2.54. The third kappa shape index (κ3) is 7.72. The molecule has 3 rings (SSSR count). The molecule has 3 aliphatic rings. The van der Waals surface area contributed by atoms with Gasteiger partial charge >= 0.3 is 0 Å². The summed E-state index contributed by atoms with van der Waals surface area (Å²) in [5, 5.41) is 7.19. The first kappa shape index (κ1) is 27.6. The van der Waals surface area contributed by atoms with Crippen LogP contribution in [0.1, 0.15) is 65.2 Å². The third-order valence-electron chi connectivity index (χ3n) is 7.61. The van der Waals surface area contributed by atoms with E-state index in [1.165, 1.54) is 32.1 Å². The zero-order chi connectivity index (χ0) is 22.1. The fourth-order valence-corrected chi connectivity index (χ4v) is 5.61. The van der Waals surface area contributed by atoms with Crippen molar-refractivity contribution in [3.8, 4) is 0 Å². The van der Waals surface area contributed by atoms with E-state index in [9.17, 15) is 4.79 Å². The van der Waals surface area contributed by atoms with Crippen molar-refractivity contribution < 1.29 is 9.53 Å². The largest absolute Gasteiger partial charge is 0.379 e. The standard InChI is InChI=1S/C24H45N5O2.HI/c1-4-19(5-2)22(28-13-15-31-16-14-28)17-26-24(25-3)27-21-11-12-29(18-21)23(30)20-9-7-6-8-10-20;/h19-22H,4-18H2,1-3H3,(H2,25,26,27);1H. The SMILES string of the molecule is CCC(CC)C(CNC(=NC)NC1CCN(C(=O)C2CCCCC2)C1)N1CCOCC1.I. The maximum Gasteiger partial charge on any atom is 0.225 e. The summed E-state index contributed by atoms with van der Waals surface area (Å²) in [6.45, 7) is 10.8. The first-order valence-electron chi connectivity index (χ1n) is 12.7. The highest BCUT2D eigenvalue weighted by Crippen LogP contribution is 2.27. The van der Waals surface area contributed by atoms with E-state index in [1.807, 2.05) is 7.05 Å². The Morgan fingerprint density at radius 2 is 1.75 bits per heavy atom. The third-order valence-corrected chi connectivity index (χ3v) is 7.61. The normalized spacial score (nSPS) is 24.3. The molecule has 8 heteroatoms. The fraction of sp³-hybridized carbons (Fsp3) is 0.917. The highest BCUT2D eigenvalue weighted by Gasteiger charge is 2.32. The Hall–Kier alpha value is -0.610. The van der Waals surface area contributed by atoms with Gasteiger partial charge in [-0.1, -0.05) is 46.0 Å². The van der Waals surface area contributed by atoms with Crippen LogP contribution in [0.25, 0.3) is 0 Å². The van der Waals surface area contributed by atoms with Crippen LogP contribution < -0.4 is 10.6 Å². The van der Waals surface area contributed by atoms with Crippen LogP contribution in [0.15, 0.2) is 4.99 Å². The van der Waals surface area contributed by atoms with Gasteiger partial charge in [0.2, 0.25) is 5.91 Å². The molecule has 2 N–H and O–H groups in total. The molecule has 1 saturated carbocycles. The molecule has 1 amide bonds. The number of guanidine groups is 1. The Balaban J connectivity index is 0.00000363. The zero-order valence-electron chi connectivity index (χ0n) is 20.5. The average molecular weight is 564 g/mol. The van der Waals surface area contributed by atoms with Gasteiger partial charge in [-0.2, -0.15) is 0 Å². The highest BCUT2D eigenvalue weighted by molar-refractivity contribution is 14.0. The van der Waals surface area contributed by atoms with Crippen molar-refractivity contribution in [1.29, 1.82) is 0 Å². The Morgan fingerprint density at radius 3 is 2.38 bits per heavy atom. The summed E-state index contributed by atoms with van der Waals surface area (Å²) in [5.74, 6) is 2.17. The molecule has 2 saturated heterocycles. The van der Waals surface area contributed by atoms with Crippen molar-refractivity contribution in [2.24, 2.45) is 16.8 Å². The molecule has 2 unspecified atom stereocenters. The molecule has 32 heavy (non-hydrogen) atoms. The van der Waals surface area contributed by atoms with E-state index in [0.29, 0.717) is 17.9 Å². The van der Waals surface area contributed by atoms with Crippen molar-refractivity contribution in [3.05, 3.63) is 0 Å². The second kappa shape index (κ2) is 14.6. The highest BCUT2D eigenvalue weighted by atomic mass is 127. The van der Waals surface area contributed by atoms with Crippen molar-refractivity contribution in [2.75, 3.05) is 53.0 Å². The summed E-state index contributed by atoms with van der Waals surface area (Å²) in [4.78, 5) is 22.0. The molecule has 1 aliphatic carbocycles. The number of rotatable bonds is 8. The maximum absolute atomic E-state index is 12.9. The number of carbonyl (C=O) groups excluding carboxylic acids is 1. The number of carbonyl (C=O) groups is 1. The Labute approximate surface area is 212 Å². The second-order valence-corrected chi connectivity index (χ2v) is 9.49. The maximum atomic E-state index is 12.9. The molecule has 3 fully saturated rings. The quantitative estimate of drug-likeness (QED) is 0.270. The lowest BCUT2D eigenvalue weighted by molar-refractivity contribution is -0.135. The molecule has 0 aromatic heterocycles. The van der Waals surface area contributed by atoms with Crippen LogP contribution in [0.2, 0.25) is 0 Å². The second-order valence-electron chi connectivity index (χ2n) is 9.49. The van der Waals surface area contributed by atoms with Crippen LogP contribution in [0.3, 0.4) is 0 Å². The van der Waals surface area contributed by atoms with Gasteiger partial charge in [-0.15, -0.1) is 24.0 Å². The summed E-state index contributed by atoms with van der Waals surface area (Å²) < 4.78 is 5.58. The molecule has 7 nitrogen and oxygen atoms in total. The van der Waals surface area contributed by atoms with Gasteiger partial charge in [0.25, 0.3) is 0 Å². The zero-order valence-corrected chi connectivity index (χ0v) is 22.8. The van der Waals surface area contributed by atoms with E-state index in [2.05, 4.69) is 39.3 Å². The molecule has 2 atom stereocenters. The number of hydrogen-bond donors (Lipinski definition) is 2. The number of morpholine rings is 1. The van der Waals surface area contributed by atoms with Crippen LogP contribution >= 0.6 is 24.0 Å². The minimum Gasteiger partial charge on any atom is -0.379 e. The number of aliphatic imine (C=N–C) groups is 1. The summed E-state index contributed by atoms with van der Waals surface area (Å²) in [7, 11) is 1.84. The van der Waals surface area contributed by atoms with E-state index < -0.39 is 0 Å². The van der Waals surface area contributed by atoms with E-state index in [0.717, 1.165) is 71.2 Å². The lowest BCUT2D eigenvalue weighted by Gasteiger charge is -2.39. The van der Waals surface area contributed by atoms with Crippen molar-refractivity contribution in [2.45, 2.75) is 77.3 Å². The molecule has 2 heterocycles.